The lowest BCUT2D eigenvalue weighted by atomic mass is 10.1. The molecular weight excluding hydrogens is 260 g/mol. The molecule has 2 rings (SSSR count). The molecule has 2 aromatic rings. The molecule has 21 heavy (non-hydrogen) atoms. The summed E-state index contributed by atoms with van der Waals surface area (Å²) in [5.41, 5.74) is 7.58. The van der Waals surface area contributed by atoms with E-state index in [0.717, 1.165) is 17.0 Å². The second kappa shape index (κ2) is 6.93. The van der Waals surface area contributed by atoms with Crippen LogP contribution in [0.5, 0.6) is 5.75 Å². The Kier molecular flexibility index (Phi) is 4.99. The predicted octanol–water partition coefficient (Wildman–Crippen LogP) is 4.54. The lowest BCUT2D eigenvalue weighted by Crippen LogP contribution is -2.05. The average molecular weight is 282 g/mol. The van der Waals surface area contributed by atoms with Crippen molar-refractivity contribution in [2.24, 2.45) is 5.10 Å². The van der Waals surface area contributed by atoms with Gasteiger partial charge in [0.05, 0.1) is 18.0 Å². The minimum atomic E-state index is 0.172. The van der Waals surface area contributed by atoms with E-state index in [9.17, 15) is 0 Å². The number of nitrogens with zero attached hydrogens (tertiary/aromatic N) is 1. The summed E-state index contributed by atoms with van der Waals surface area (Å²) in [5, 5.41) is 4.27. The number of hydrogen-bond donors (Lipinski definition) is 1. The van der Waals surface area contributed by atoms with Crippen molar-refractivity contribution in [2.75, 3.05) is 5.43 Å². The Balaban J connectivity index is 2.02. The van der Waals surface area contributed by atoms with E-state index in [1.165, 1.54) is 11.1 Å². The van der Waals surface area contributed by atoms with Crippen LogP contribution in [0.15, 0.2) is 47.6 Å². The molecule has 0 aliphatic carbocycles. The molecule has 0 aliphatic rings. The Hall–Kier alpha value is -2.29. The van der Waals surface area contributed by atoms with Crippen molar-refractivity contribution in [3.05, 3.63) is 59.2 Å². The summed E-state index contributed by atoms with van der Waals surface area (Å²) in [6, 6.07) is 14.1. The lowest BCUT2D eigenvalue weighted by molar-refractivity contribution is 0.242. The number of aryl methyl sites for hydroxylation is 2. The van der Waals surface area contributed by atoms with E-state index in [0.29, 0.717) is 0 Å². The standard InChI is InChI=1S/C18H22N2O/c1-13(2)21-18-7-5-6-16(11-18)12-19-20-17-9-8-14(3)15(4)10-17/h5-13,20H,1-4H3/b19-12+. The number of rotatable bonds is 5. The fraction of sp³-hybridized carbons (Fsp3) is 0.278. The zero-order valence-electron chi connectivity index (χ0n) is 13.1. The first-order valence-corrected chi connectivity index (χ1v) is 7.17. The summed E-state index contributed by atoms with van der Waals surface area (Å²) in [6.07, 6.45) is 1.97. The molecule has 0 radical (unpaired) electrons. The van der Waals surface area contributed by atoms with Gasteiger partial charge >= 0.3 is 0 Å². The Bertz CT molecular complexity index is 633. The Morgan fingerprint density at radius 1 is 1.05 bits per heavy atom. The molecule has 0 fully saturated rings. The van der Waals surface area contributed by atoms with Gasteiger partial charge in [-0.1, -0.05) is 18.2 Å². The Morgan fingerprint density at radius 2 is 1.86 bits per heavy atom. The van der Waals surface area contributed by atoms with Crippen LogP contribution in [0.25, 0.3) is 0 Å². The molecule has 1 N–H and O–H groups in total. The molecule has 0 aliphatic heterocycles. The van der Waals surface area contributed by atoms with Crippen molar-refractivity contribution in [3.8, 4) is 5.75 Å². The van der Waals surface area contributed by atoms with Crippen LogP contribution in [0, 0.1) is 13.8 Å². The third-order valence-corrected chi connectivity index (χ3v) is 3.14. The van der Waals surface area contributed by atoms with E-state index < -0.39 is 0 Å². The smallest absolute Gasteiger partial charge is 0.120 e. The summed E-state index contributed by atoms with van der Waals surface area (Å²) in [6.45, 7) is 8.23. The third kappa shape index (κ3) is 4.63. The number of nitrogens with one attached hydrogen (secondary N) is 1. The first-order valence-electron chi connectivity index (χ1n) is 7.17. The zero-order chi connectivity index (χ0) is 15.2. The third-order valence-electron chi connectivity index (χ3n) is 3.14. The van der Waals surface area contributed by atoms with E-state index >= 15 is 0 Å². The largest absolute Gasteiger partial charge is 0.491 e. The fourth-order valence-electron chi connectivity index (χ4n) is 1.93. The fourth-order valence-corrected chi connectivity index (χ4v) is 1.93. The summed E-state index contributed by atoms with van der Waals surface area (Å²) in [4.78, 5) is 0. The molecule has 2 aromatic carbocycles. The molecule has 0 saturated carbocycles. The molecule has 3 heteroatoms. The summed E-state index contributed by atoms with van der Waals surface area (Å²) in [7, 11) is 0. The second-order valence-corrected chi connectivity index (χ2v) is 5.41. The van der Waals surface area contributed by atoms with Gasteiger partial charge in [0, 0.05) is 0 Å². The summed E-state index contributed by atoms with van der Waals surface area (Å²) in [5.74, 6) is 0.861. The molecule has 0 atom stereocenters. The monoisotopic (exact) mass is 282 g/mol. The number of anilines is 1. The molecule has 0 aromatic heterocycles. The van der Waals surface area contributed by atoms with Gasteiger partial charge in [-0.2, -0.15) is 5.10 Å². The van der Waals surface area contributed by atoms with Gasteiger partial charge in [0.15, 0.2) is 0 Å². The van der Waals surface area contributed by atoms with E-state index in [4.69, 9.17) is 4.74 Å². The number of hydrogen-bond acceptors (Lipinski definition) is 3. The highest BCUT2D eigenvalue weighted by Gasteiger charge is 1.98. The Morgan fingerprint density at radius 3 is 2.57 bits per heavy atom. The molecule has 0 heterocycles. The van der Waals surface area contributed by atoms with Crippen molar-refractivity contribution in [1.82, 2.24) is 0 Å². The summed E-state index contributed by atoms with van der Waals surface area (Å²) < 4.78 is 5.67. The minimum Gasteiger partial charge on any atom is -0.491 e. The van der Waals surface area contributed by atoms with E-state index in [1.807, 2.05) is 44.2 Å². The van der Waals surface area contributed by atoms with Crippen molar-refractivity contribution >= 4 is 11.9 Å². The molecule has 0 unspecified atom stereocenters. The highest BCUT2D eigenvalue weighted by molar-refractivity contribution is 5.80. The van der Waals surface area contributed by atoms with Gasteiger partial charge < -0.3 is 4.74 Å². The quantitative estimate of drug-likeness (QED) is 0.645. The topological polar surface area (TPSA) is 33.6 Å². The maximum absolute atomic E-state index is 5.67. The van der Waals surface area contributed by atoms with Gasteiger partial charge in [-0.25, -0.2) is 0 Å². The van der Waals surface area contributed by atoms with Crippen molar-refractivity contribution in [2.45, 2.75) is 33.8 Å². The molecule has 3 nitrogen and oxygen atoms in total. The predicted molar refractivity (Wildman–Crippen MR) is 89.3 cm³/mol. The summed E-state index contributed by atoms with van der Waals surface area (Å²) >= 11 is 0. The lowest BCUT2D eigenvalue weighted by Gasteiger charge is -2.09. The van der Waals surface area contributed by atoms with Gasteiger partial charge in [-0.3, -0.25) is 5.43 Å². The minimum absolute atomic E-state index is 0.172. The van der Waals surface area contributed by atoms with Crippen LogP contribution in [-0.2, 0) is 0 Å². The SMILES string of the molecule is Cc1ccc(N/N=C/c2cccc(OC(C)C)c2)cc1C. The van der Waals surface area contributed by atoms with E-state index in [-0.39, 0.29) is 6.10 Å². The molecule has 110 valence electrons. The van der Waals surface area contributed by atoms with Crippen molar-refractivity contribution in [3.63, 3.8) is 0 Å². The molecular formula is C18H22N2O. The average Bonchev–Trinajstić information content (AvgIpc) is 2.42. The van der Waals surface area contributed by atoms with Crippen LogP contribution in [-0.4, -0.2) is 12.3 Å². The van der Waals surface area contributed by atoms with Crippen LogP contribution in [0.4, 0.5) is 5.69 Å². The zero-order valence-corrected chi connectivity index (χ0v) is 13.1. The Labute approximate surface area is 126 Å². The molecule has 0 bridgehead atoms. The first kappa shape index (κ1) is 15.1. The number of benzene rings is 2. The molecule has 0 amide bonds. The van der Waals surface area contributed by atoms with Gasteiger partial charge in [0.1, 0.15) is 5.75 Å². The van der Waals surface area contributed by atoms with Crippen LogP contribution in [0.3, 0.4) is 0 Å². The van der Waals surface area contributed by atoms with Gasteiger partial charge in [0.25, 0.3) is 0 Å². The van der Waals surface area contributed by atoms with Crippen LogP contribution in [0.1, 0.15) is 30.5 Å². The molecule has 0 spiro atoms. The number of hydrazone groups is 1. The van der Waals surface area contributed by atoms with Crippen molar-refractivity contribution in [1.29, 1.82) is 0 Å². The maximum atomic E-state index is 5.67. The van der Waals surface area contributed by atoms with Crippen molar-refractivity contribution < 1.29 is 4.74 Å². The van der Waals surface area contributed by atoms with Crippen LogP contribution in [0.2, 0.25) is 0 Å². The number of ether oxygens (including phenoxy) is 1. The van der Waals surface area contributed by atoms with E-state index in [2.05, 4.69) is 36.5 Å². The normalized spacial score (nSPS) is 11.1. The van der Waals surface area contributed by atoms with Gasteiger partial charge in [-0.05, 0) is 68.7 Å². The van der Waals surface area contributed by atoms with E-state index in [1.54, 1.807) is 6.21 Å². The highest BCUT2D eigenvalue weighted by Crippen LogP contribution is 2.15. The van der Waals surface area contributed by atoms with Gasteiger partial charge in [-0.15, -0.1) is 0 Å². The van der Waals surface area contributed by atoms with Crippen LogP contribution >= 0.6 is 0 Å². The van der Waals surface area contributed by atoms with Crippen LogP contribution < -0.4 is 10.2 Å². The second-order valence-electron chi connectivity index (χ2n) is 5.41. The highest BCUT2D eigenvalue weighted by atomic mass is 16.5. The van der Waals surface area contributed by atoms with Gasteiger partial charge in [0.2, 0.25) is 0 Å². The molecule has 0 saturated heterocycles. The first-order chi connectivity index (χ1) is 10.0. The maximum Gasteiger partial charge on any atom is 0.120 e.